The van der Waals surface area contributed by atoms with E-state index in [1.807, 2.05) is 41.8 Å². The number of hydrogen-bond donors (Lipinski definition) is 2. The zero-order valence-electron chi connectivity index (χ0n) is 17.1. The Morgan fingerprint density at radius 3 is 2.77 bits per heavy atom. The Balaban J connectivity index is 1.55. The van der Waals surface area contributed by atoms with Gasteiger partial charge < -0.3 is 10.1 Å². The largest absolute Gasteiger partial charge is 0.481 e. The highest BCUT2D eigenvalue weighted by molar-refractivity contribution is 7.07. The lowest BCUT2D eigenvalue weighted by molar-refractivity contribution is -0.120. The first-order valence-corrected chi connectivity index (χ1v) is 10.9. The molecule has 0 spiro atoms. The summed E-state index contributed by atoms with van der Waals surface area (Å²) in [6, 6.07) is 11.6. The maximum absolute atomic E-state index is 13.4. The second-order valence-electron chi connectivity index (χ2n) is 7.13. The lowest BCUT2D eigenvalue weighted by atomic mass is 9.97. The minimum absolute atomic E-state index is 0.0727. The van der Waals surface area contributed by atoms with Crippen molar-refractivity contribution < 1.29 is 9.53 Å². The van der Waals surface area contributed by atoms with Crippen LogP contribution in [0.25, 0.3) is 11.1 Å². The van der Waals surface area contributed by atoms with Crippen LogP contribution in [-0.4, -0.2) is 39.1 Å². The molecule has 0 amide bonds. The van der Waals surface area contributed by atoms with Crippen molar-refractivity contribution in [3.05, 3.63) is 82.7 Å². The molecule has 2 N–H and O–H groups in total. The molecule has 3 heterocycles. The number of ketones is 1. The molecule has 0 fully saturated rings. The summed E-state index contributed by atoms with van der Waals surface area (Å²) in [4.78, 5) is 22.1. The number of Topliss-reactive ketones (excluding diaryl/α,β-unsaturated/α-hetero) is 1. The summed E-state index contributed by atoms with van der Waals surface area (Å²) in [6.07, 6.45) is 6.05. The van der Waals surface area contributed by atoms with E-state index in [4.69, 9.17) is 4.74 Å². The molecule has 0 radical (unpaired) electrons. The number of rotatable bonds is 10. The first-order chi connectivity index (χ1) is 15.2. The smallest absolute Gasteiger partial charge is 0.216 e. The second-order valence-corrected chi connectivity index (χ2v) is 7.84. The van der Waals surface area contributed by atoms with E-state index < -0.39 is 0 Å². The lowest BCUT2D eigenvalue weighted by Gasteiger charge is -2.18. The number of aromatic amines is 1. The predicted octanol–water partition coefficient (Wildman–Crippen LogP) is 3.45. The molecule has 1 aromatic carbocycles. The Labute approximate surface area is 184 Å². The third kappa shape index (κ3) is 5.42. The van der Waals surface area contributed by atoms with Crippen molar-refractivity contribution in [1.82, 2.24) is 25.5 Å². The monoisotopic (exact) mass is 433 g/mol. The van der Waals surface area contributed by atoms with Crippen molar-refractivity contribution in [3.8, 4) is 17.0 Å². The predicted molar refractivity (Wildman–Crippen MR) is 120 cm³/mol. The Bertz CT molecular complexity index is 1100. The first-order valence-electron chi connectivity index (χ1n) is 9.92. The van der Waals surface area contributed by atoms with Gasteiger partial charge in [-0.1, -0.05) is 30.3 Å². The van der Waals surface area contributed by atoms with Gasteiger partial charge in [0, 0.05) is 47.4 Å². The second kappa shape index (κ2) is 10.1. The minimum atomic E-state index is -0.355. The van der Waals surface area contributed by atoms with Gasteiger partial charge in [-0.3, -0.25) is 9.89 Å². The summed E-state index contributed by atoms with van der Waals surface area (Å²) < 4.78 is 5.42. The Morgan fingerprint density at radius 1 is 1.19 bits per heavy atom. The van der Waals surface area contributed by atoms with E-state index in [0.717, 1.165) is 27.9 Å². The van der Waals surface area contributed by atoms with Gasteiger partial charge in [-0.25, -0.2) is 9.97 Å². The molecule has 0 bridgehead atoms. The molecular formula is C23H23N5O2S. The molecule has 0 saturated heterocycles. The summed E-state index contributed by atoms with van der Waals surface area (Å²) in [5.74, 6) is 0.530. The van der Waals surface area contributed by atoms with Crippen LogP contribution in [-0.2, 0) is 24.2 Å². The van der Waals surface area contributed by atoms with Gasteiger partial charge in [-0.05, 0) is 18.1 Å². The van der Waals surface area contributed by atoms with Crippen LogP contribution in [0.1, 0.15) is 16.8 Å². The number of pyridine rings is 1. The quantitative estimate of drug-likeness (QED) is 0.398. The molecule has 158 valence electrons. The van der Waals surface area contributed by atoms with Gasteiger partial charge in [-0.15, -0.1) is 11.3 Å². The standard InChI is InChI=1S/C23H23N5O2S/c1-30-23-17(8-18(10-25-23)19-11-27-28-12-19)9-22(29)21(7-16-5-3-2-4-6-16)24-13-20-14-31-15-26-20/h2-6,8,10-12,14-15,21,24H,7,9,13H2,1H3,(H,27,28)/t21-/m0/s1. The summed E-state index contributed by atoms with van der Waals surface area (Å²) in [5, 5.41) is 12.2. The van der Waals surface area contributed by atoms with Crippen LogP contribution in [0, 0.1) is 0 Å². The van der Waals surface area contributed by atoms with Crippen molar-refractivity contribution in [3.63, 3.8) is 0 Å². The summed E-state index contributed by atoms with van der Waals surface area (Å²) >= 11 is 1.54. The fourth-order valence-corrected chi connectivity index (χ4v) is 3.95. The van der Waals surface area contributed by atoms with Crippen molar-refractivity contribution in [2.45, 2.75) is 25.4 Å². The number of thiazole rings is 1. The van der Waals surface area contributed by atoms with Crippen LogP contribution in [0.5, 0.6) is 5.88 Å². The number of methoxy groups -OCH3 is 1. The van der Waals surface area contributed by atoms with Crippen LogP contribution in [0.15, 0.2) is 65.9 Å². The summed E-state index contributed by atoms with van der Waals surface area (Å²) in [5.41, 5.74) is 6.36. The van der Waals surface area contributed by atoms with Gasteiger partial charge in [0.25, 0.3) is 0 Å². The molecule has 0 aliphatic rings. The van der Waals surface area contributed by atoms with E-state index in [1.165, 1.54) is 0 Å². The maximum Gasteiger partial charge on any atom is 0.216 e. The third-order valence-corrected chi connectivity index (χ3v) is 5.63. The number of nitrogens with one attached hydrogen (secondary N) is 2. The van der Waals surface area contributed by atoms with Crippen LogP contribution in [0.2, 0.25) is 0 Å². The Kier molecular flexibility index (Phi) is 6.81. The molecule has 0 aliphatic heterocycles. The highest BCUT2D eigenvalue weighted by atomic mass is 32.1. The van der Waals surface area contributed by atoms with Gasteiger partial charge >= 0.3 is 0 Å². The topological polar surface area (TPSA) is 92.8 Å². The van der Waals surface area contributed by atoms with E-state index in [0.29, 0.717) is 18.8 Å². The fraction of sp³-hybridized carbons (Fsp3) is 0.217. The van der Waals surface area contributed by atoms with Gasteiger partial charge in [0.05, 0.1) is 30.6 Å². The molecular weight excluding hydrogens is 410 g/mol. The van der Waals surface area contributed by atoms with E-state index >= 15 is 0 Å². The number of hydrogen-bond acceptors (Lipinski definition) is 7. The first kappa shape index (κ1) is 20.9. The Hall–Kier alpha value is -3.36. The number of H-pyrrole nitrogens is 1. The fourth-order valence-electron chi connectivity index (χ4n) is 3.39. The van der Waals surface area contributed by atoms with Crippen molar-refractivity contribution in [2.24, 2.45) is 0 Å². The summed E-state index contributed by atoms with van der Waals surface area (Å²) in [6.45, 7) is 0.539. The lowest BCUT2D eigenvalue weighted by Crippen LogP contribution is -2.39. The van der Waals surface area contributed by atoms with Crippen LogP contribution >= 0.6 is 11.3 Å². The highest BCUT2D eigenvalue weighted by Crippen LogP contribution is 2.24. The highest BCUT2D eigenvalue weighted by Gasteiger charge is 2.21. The number of nitrogens with zero attached hydrogens (tertiary/aromatic N) is 3. The van der Waals surface area contributed by atoms with Gasteiger partial charge in [0.15, 0.2) is 5.78 Å². The van der Waals surface area contributed by atoms with Crippen molar-refractivity contribution in [2.75, 3.05) is 7.11 Å². The molecule has 1 atom stereocenters. The number of ether oxygens (including phenoxy) is 1. The Morgan fingerprint density at radius 2 is 2.06 bits per heavy atom. The van der Waals surface area contributed by atoms with E-state index in [2.05, 4.69) is 25.5 Å². The van der Waals surface area contributed by atoms with Crippen molar-refractivity contribution >= 4 is 17.1 Å². The van der Waals surface area contributed by atoms with E-state index in [1.54, 1.807) is 42.5 Å². The molecule has 0 saturated carbocycles. The molecule has 0 aliphatic carbocycles. The normalized spacial score (nSPS) is 11.9. The third-order valence-electron chi connectivity index (χ3n) is 5.00. The molecule has 7 nitrogen and oxygen atoms in total. The van der Waals surface area contributed by atoms with Crippen LogP contribution in [0.4, 0.5) is 0 Å². The molecule has 4 aromatic rings. The maximum atomic E-state index is 13.4. The van der Waals surface area contributed by atoms with Crippen LogP contribution in [0.3, 0.4) is 0 Å². The van der Waals surface area contributed by atoms with Crippen LogP contribution < -0.4 is 10.1 Å². The van der Waals surface area contributed by atoms with Gasteiger partial charge in [0.1, 0.15) is 0 Å². The average Bonchev–Trinajstić information content (AvgIpc) is 3.51. The molecule has 4 rings (SSSR count). The average molecular weight is 434 g/mol. The van der Waals surface area contributed by atoms with E-state index in [-0.39, 0.29) is 18.2 Å². The number of aromatic nitrogens is 4. The zero-order valence-corrected chi connectivity index (χ0v) is 17.9. The SMILES string of the molecule is COc1ncc(-c2cn[nH]c2)cc1CC(=O)[C@H](Cc1ccccc1)NCc1cscn1. The minimum Gasteiger partial charge on any atom is -0.481 e. The van der Waals surface area contributed by atoms with Gasteiger partial charge in [0.2, 0.25) is 5.88 Å². The molecule has 8 heteroatoms. The number of benzene rings is 1. The molecule has 31 heavy (non-hydrogen) atoms. The van der Waals surface area contributed by atoms with Gasteiger partial charge in [-0.2, -0.15) is 5.10 Å². The van der Waals surface area contributed by atoms with Crippen molar-refractivity contribution in [1.29, 1.82) is 0 Å². The zero-order chi connectivity index (χ0) is 21.5. The molecule has 0 unspecified atom stereocenters. The number of carbonyl (C=O) groups excluding carboxylic acids is 1. The number of carbonyl (C=O) groups is 1. The molecule has 3 aromatic heterocycles. The summed E-state index contributed by atoms with van der Waals surface area (Å²) in [7, 11) is 1.57. The van der Waals surface area contributed by atoms with E-state index in [9.17, 15) is 4.79 Å².